The summed E-state index contributed by atoms with van der Waals surface area (Å²) in [6, 6.07) is 0.0226. The highest BCUT2D eigenvalue weighted by molar-refractivity contribution is 5.70. The van der Waals surface area contributed by atoms with Crippen LogP contribution in [-0.4, -0.2) is 41.2 Å². The molecule has 0 amide bonds. The Hall–Kier alpha value is -2.00. The number of rotatable bonds is 7. The van der Waals surface area contributed by atoms with Gasteiger partial charge in [0, 0.05) is 19.7 Å². The maximum atomic E-state index is 11.2. The normalized spacial score (nSPS) is 10.6. The van der Waals surface area contributed by atoms with Crippen molar-refractivity contribution in [3.8, 4) is 0 Å². The van der Waals surface area contributed by atoms with Gasteiger partial charge in [-0.15, -0.1) is 0 Å². The Labute approximate surface area is 110 Å². The number of nitro groups is 1. The van der Waals surface area contributed by atoms with Gasteiger partial charge < -0.3 is 15.1 Å². The number of nitrogens with one attached hydrogen (secondary N) is 1. The van der Waals surface area contributed by atoms with Gasteiger partial charge in [-0.25, -0.2) is 15.8 Å². The van der Waals surface area contributed by atoms with E-state index in [4.69, 9.17) is 10.6 Å². The molecule has 0 unspecified atom stereocenters. The quantitative estimate of drug-likeness (QED) is 0.418. The van der Waals surface area contributed by atoms with E-state index in [9.17, 15) is 10.1 Å². The van der Waals surface area contributed by atoms with Crippen LogP contribution < -0.4 is 16.2 Å². The van der Waals surface area contributed by atoms with Crippen LogP contribution in [0.15, 0.2) is 6.33 Å². The van der Waals surface area contributed by atoms with Gasteiger partial charge >= 0.3 is 5.69 Å². The number of methoxy groups -OCH3 is 1. The zero-order valence-corrected chi connectivity index (χ0v) is 11.2. The molecule has 0 aliphatic heterocycles. The van der Waals surface area contributed by atoms with Crippen molar-refractivity contribution in [2.45, 2.75) is 19.9 Å². The number of hydrazine groups is 1. The molecule has 0 aliphatic rings. The van der Waals surface area contributed by atoms with Gasteiger partial charge in [-0.05, 0) is 13.8 Å². The fourth-order valence-electron chi connectivity index (χ4n) is 1.65. The van der Waals surface area contributed by atoms with E-state index in [0.717, 1.165) is 0 Å². The summed E-state index contributed by atoms with van der Waals surface area (Å²) >= 11 is 0. The third-order valence-corrected chi connectivity index (χ3v) is 2.55. The first-order valence-corrected chi connectivity index (χ1v) is 5.74. The van der Waals surface area contributed by atoms with E-state index < -0.39 is 4.92 Å². The number of nitrogens with zero attached hydrogens (tertiary/aromatic N) is 4. The lowest BCUT2D eigenvalue weighted by Gasteiger charge is -2.27. The summed E-state index contributed by atoms with van der Waals surface area (Å²) in [5.41, 5.74) is 1.98. The lowest BCUT2D eigenvalue weighted by atomic mass is 10.3. The smallest absolute Gasteiger partial charge is 0.354 e. The molecule has 1 rings (SSSR count). The van der Waals surface area contributed by atoms with E-state index in [2.05, 4.69) is 15.4 Å². The fourth-order valence-corrected chi connectivity index (χ4v) is 1.65. The van der Waals surface area contributed by atoms with Crippen LogP contribution in [-0.2, 0) is 4.74 Å². The molecular formula is C10H18N6O3. The molecule has 19 heavy (non-hydrogen) atoms. The van der Waals surface area contributed by atoms with Crippen LogP contribution in [0.3, 0.4) is 0 Å². The SMILES string of the molecule is COCCN(c1ncnc(NN)c1[N+](=O)[O-])C(C)C. The summed E-state index contributed by atoms with van der Waals surface area (Å²) in [5, 5.41) is 11.2. The summed E-state index contributed by atoms with van der Waals surface area (Å²) in [4.78, 5) is 20.2. The van der Waals surface area contributed by atoms with Gasteiger partial charge in [-0.1, -0.05) is 0 Å². The van der Waals surface area contributed by atoms with Gasteiger partial charge in [0.1, 0.15) is 6.33 Å². The Balaban J connectivity index is 3.25. The van der Waals surface area contributed by atoms with Crippen molar-refractivity contribution in [3.05, 3.63) is 16.4 Å². The number of aromatic nitrogens is 2. The van der Waals surface area contributed by atoms with Crippen molar-refractivity contribution in [2.24, 2.45) is 5.84 Å². The van der Waals surface area contributed by atoms with E-state index in [0.29, 0.717) is 13.2 Å². The zero-order chi connectivity index (χ0) is 14.4. The van der Waals surface area contributed by atoms with Crippen molar-refractivity contribution in [3.63, 3.8) is 0 Å². The predicted octanol–water partition coefficient (Wildman–Crippen LogP) is 0.532. The number of anilines is 2. The molecule has 0 aromatic carbocycles. The Kier molecular flexibility index (Phi) is 5.39. The highest BCUT2D eigenvalue weighted by Gasteiger charge is 2.27. The zero-order valence-electron chi connectivity index (χ0n) is 11.2. The van der Waals surface area contributed by atoms with Gasteiger partial charge in [-0.3, -0.25) is 10.1 Å². The molecule has 1 aromatic rings. The summed E-state index contributed by atoms with van der Waals surface area (Å²) < 4.78 is 5.01. The van der Waals surface area contributed by atoms with E-state index in [1.54, 1.807) is 12.0 Å². The van der Waals surface area contributed by atoms with Crippen LogP contribution in [0.2, 0.25) is 0 Å². The molecule has 0 atom stereocenters. The lowest BCUT2D eigenvalue weighted by Crippen LogP contribution is -2.35. The lowest BCUT2D eigenvalue weighted by molar-refractivity contribution is -0.383. The molecule has 106 valence electrons. The molecule has 0 bridgehead atoms. The van der Waals surface area contributed by atoms with E-state index >= 15 is 0 Å². The first-order valence-electron chi connectivity index (χ1n) is 5.74. The van der Waals surface area contributed by atoms with Gasteiger partial charge in [0.15, 0.2) is 0 Å². The number of hydrogen-bond donors (Lipinski definition) is 2. The average molecular weight is 270 g/mol. The Morgan fingerprint density at radius 2 is 2.26 bits per heavy atom. The van der Waals surface area contributed by atoms with Gasteiger partial charge in [0.05, 0.1) is 11.5 Å². The van der Waals surface area contributed by atoms with E-state index in [1.165, 1.54) is 6.33 Å². The summed E-state index contributed by atoms with van der Waals surface area (Å²) in [5.74, 6) is 5.45. The minimum absolute atomic E-state index is 0.0157. The largest absolute Gasteiger partial charge is 0.383 e. The standard InChI is InChI=1S/C10H18N6O3/c1-7(2)15(4-5-19-3)10-8(16(17)18)9(14-11)12-6-13-10/h6-7H,4-5,11H2,1-3H3,(H,12,13,14). The second-order valence-electron chi connectivity index (χ2n) is 4.08. The first kappa shape index (κ1) is 15.1. The first-order chi connectivity index (χ1) is 9.02. The Bertz CT molecular complexity index is 439. The van der Waals surface area contributed by atoms with Crippen molar-refractivity contribution in [2.75, 3.05) is 30.6 Å². The van der Waals surface area contributed by atoms with Crippen molar-refractivity contribution >= 4 is 17.3 Å². The molecule has 3 N–H and O–H groups in total. The van der Waals surface area contributed by atoms with Crippen LogP contribution >= 0.6 is 0 Å². The molecule has 0 spiro atoms. The van der Waals surface area contributed by atoms with Crippen LogP contribution in [0.4, 0.5) is 17.3 Å². The molecule has 0 fully saturated rings. The number of nitrogen functional groups attached to an aromatic ring is 1. The van der Waals surface area contributed by atoms with Crippen LogP contribution in [0.5, 0.6) is 0 Å². The molecule has 9 heteroatoms. The molecule has 1 heterocycles. The summed E-state index contributed by atoms with van der Waals surface area (Å²) in [6.45, 7) is 4.74. The minimum atomic E-state index is -0.549. The Morgan fingerprint density at radius 1 is 1.58 bits per heavy atom. The van der Waals surface area contributed by atoms with Crippen molar-refractivity contribution in [1.29, 1.82) is 0 Å². The van der Waals surface area contributed by atoms with Crippen molar-refractivity contribution in [1.82, 2.24) is 9.97 Å². The molecule has 0 aliphatic carbocycles. The minimum Gasteiger partial charge on any atom is -0.383 e. The molecule has 0 saturated carbocycles. The maximum absolute atomic E-state index is 11.2. The Morgan fingerprint density at radius 3 is 2.74 bits per heavy atom. The maximum Gasteiger partial charge on any atom is 0.354 e. The third-order valence-electron chi connectivity index (χ3n) is 2.55. The number of ether oxygens (including phenoxy) is 1. The molecule has 0 saturated heterocycles. The molecule has 0 radical (unpaired) electrons. The second kappa shape index (κ2) is 6.81. The highest BCUT2D eigenvalue weighted by atomic mass is 16.6. The second-order valence-corrected chi connectivity index (χ2v) is 4.08. The predicted molar refractivity (Wildman–Crippen MR) is 70.9 cm³/mol. The summed E-state index contributed by atoms with van der Waals surface area (Å²) in [7, 11) is 1.57. The molecule has 1 aromatic heterocycles. The number of hydrogen-bond acceptors (Lipinski definition) is 8. The monoisotopic (exact) mass is 270 g/mol. The topological polar surface area (TPSA) is 119 Å². The van der Waals surface area contributed by atoms with Gasteiger partial charge in [0.2, 0.25) is 11.6 Å². The molecule has 9 nitrogen and oxygen atoms in total. The fraction of sp³-hybridized carbons (Fsp3) is 0.600. The highest BCUT2D eigenvalue weighted by Crippen LogP contribution is 2.31. The van der Waals surface area contributed by atoms with E-state index in [-0.39, 0.29) is 23.4 Å². The van der Waals surface area contributed by atoms with Gasteiger partial charge in [-0.2, -0.15) is 0 Å². The van der Waals surface area contributed by atoms with Crippen LogP contribution in [0, 0.1) is 10.1 Å². The molecular weight excluding hydrogens is 252 g/mol. The van der Waals surface area contributed by atoms with Crippen LogP contribution in [0.25, 0.3) is 0 Å². The van der Waals surface area contributed by atoms with Crippen molar-refractivity contribution < 1.29 is 9.66 Å². The summed E-state index contributed by atoms with van der Waals surface area (Å²) in [6.07, 6.45) is 1.24. The van der Waals surface area contributed by atoms with Gasteiger partial charge in [0.25, 0.3) is 0 Å². The number of nitrogens with two attached hydrogens (primary N) is 1. The van der Waals surface area contributed by atoms with E-state index in [1.807, 2.05) is 13.8 Å². The third kappa shape index (κ3) is 3.48. The van der Waals surface area contributed by atoms with Crippen LogP contribution in [0.1, 0.15) is 13.8 Å². The average Bonchev–Trinajstić information content (AvgIpc) is 2.38.